The molecule has 8 aromatic rings. The first kappa shape index (κ1) is 32.1. The van der Waals surface area contributed by atoms with Gasteiger partial charge in [0.15, 0.2) is 11.6 Å². The van der Waals surface area contributed by atoms with E-state index in [1.54, 1.807) is 0 Å². The summed E-state index contributed by atoms with van der Waals surface area (Å²) in [5.41, 5.74) is 11.4. The van der Waals surface area contributed by atoms with E-state index in [0.29, 0.717) is 17.6 Å². The number of para-hydroxylation sites is 1. The van der Waals surface area contributed by atoms with Crippen LogP contribution in [0.4, 0.5) is 0 Å². The monoisotopic (exact) mass is 674 g/mol. The molecule has 2 heterocycles. The molecule has 0 fully saturated rings. The molecule has 2 aromatic heterocycles. The Morgan fingerprint density at radius 3 is 1.40 bits per heavy atom. The van der Waals surface area contributed by atoms with E-state index in [1.807, 2.05) is 12.1 Å². The molecule has 0 saturated heterocycles. The van der Waals surface area contributed by atoms with Crippen LogP contribution in [0.1, 0.15) is 52.7 Å². The molecule has 6 aromatic carbocycles. The average Bonchev–Trinajstić information content (AvgIpc) is 3.55. The molecule has 0 bridgehead atoms. The van der Waals surface area contributed by atoms with Crippen LogP contribution >= 0.6 is 0 Å². The second kappa shape index (κ2) is 11.6. The Hall–Kier alpha value is -5.87. The molecule has 0 spiro atoms. The van der Waals surface area contributed by atoms with Gasteiger partial charge in [-0.05, 0) is 80.0 Å². The van der Waals surface area contributed by atoms with E-state index < -0.39 is 0 Å². The number of hydrogen-bond donors (Lipinski definition) is 0. The fourth-order valence-corrected chi connectivity index (χ4v) is 8.38. The smallest absolute Gasteiger partial charge is 0.238 e. The molecule has 52 heavy (non-hydrogen) atoms. The molecule has 1 aliphatic carbocycles. The first-order chi connectivity index (χ1) is 25.0. The van der Waals surface area contributed by atoms with Crippen LogP contribution in [0.5, 0.6) is 0 Å². The summed E-state index contributed by atoms with van der Waals surface area (Å²) in [6.07, 6.45) is 0. The first-order valence-electron chi connectivity index (χ1n) is 18.2. The molecule has 4 heteroatoms. The van der Waals surface area contributed by atoms with Crippen molar-refractivity contribution in [2.45, 2.75) is 52.4 Å². The number of hydrogen-bond acceptors (Lipinski definition) is 3. The quantitative estimate of drug-likeness (QED) is 0.182. The number of benzene rings is 6. The van der Waals surface area contributed by atoms with Crippen LogP contribution in [-0.4, -0.2) is 19.5 Å². The predicted molar refractivity (Wildman–Crippen MR) is 216 cm³/mol. The summed E-state index contributed by atoms with van der Waals surface area (Å²) in [5.74, 6) is 1.88. The Bertz CT molecular complexity index is 2540. The van der Waals surface area contributed by atoms with Gasteiger partial charge in [-0.15, -0.1) is 0 Å². The van der Waals surface area contributed by atoms with Crippen LogP contribution in [0.25, 0.3) is 72.8 Å². The molecule has 0 saturated carbocycles. The molecule has 1 aliphatic rings. The Morgan fingerprint density at radius 2 is 0.846 bits per heavy atom. The van der Waals surface area contributed by atoms with E-state index in [1.165, 1.54) is 21.9 Å². The van der Waals surface area contributed by atoms with Gasteiger partial charge >= 0.3 is 0 Å². The normalized spacial score (nSPS) is 15.6. The zero-order chi connectivity index (χ0) is 35.8. The third-order valence-electron chi connectivity index (χ3n) is 12.6. The molecular formula is C48H42N4. The third kappa shape index (κ3) is 4.77. The molecule has 0 unspecified atom stereocenters. The third-order valence-corrected chi connectivity index (χ3v) is 12.6. The molecule has 0 atom stereocenters. The van der Waals surface area contributed by atoms with Crippen LogP contribution in [0.15, 0.2) is 146 Å². The van der Waals surface area contributed by atoms with Crippen molar-refractivity contribution in [2.24, 2.45) is 5.41 Å². The van der Waals surface area contributed by atoms with Gasteiger partial charge < -0.3 is 0 Å². The van der Waals surface area contributed by atoms with E-state index in [9.17, 15) is 0 Å². The summed E-state index contributed by atoms with van der Waals surface area (Å²) in [7, 11) is 0. The lowest BCUT2D eigenvalue weighted by Crippen LogP contribution is -2.42. The number of aromatic nitrogens is 4. The van der Waals surface area contributed by atoms with Gasteiger partial charge in [0, 0.05) is 21.9 Å². The Kier molecular flexibility index (Phi) is 7.14. The van der Waals surface area contributed by atoms with Crippen molar-refractivity contribution >= 4 is 21.8 Å². The molecular weight excluding hydrogens is 633 g/mol. The molecule has 9 rings (SSSR count). The number of fused-ring (bicyclic) bond motifs is 4. The second-order valence-corrected chi connectivity index (χ2v) is 15.8. The lowest BCUT2D eigenvalue weighted by Gasteiger charge is -2.44. The maximum atomic E-state index is 5.32. The zero-order valence-corrected chi connectivity index (χ0v) is 30.6. The lowest BCUT2D eigenvalue weighted by molar-refractivity contribution is 0.125. The summed E-state index contributed by atoms with van der Waals surface area (Å²) in [6.45, 7) is 14.4. The van der Waals surface area contributed by atoms with Crippen molar-refractivity contribution < 1.29 is 0 Å². The van der Waals surface area contributed by atoms with E-state index >= 15 is 0 Å². The van der Waals surface area contributed by atoms with Gasteiger partial charge in [0.05, 0.1) is 11.0 Å². The number of rotatable bonds is 5. The van der Waals surface area contributed by atoms with Crippen LogP contribution in [0.2, 0.25) is 0 Å². The SMILES string of the molecule is CC1(C)c2cc3c4ccccc4n(-c4nc(-c5cccc(-c6ccccc6)c5)nc(-c5cccc(-c6ccccc6)c5)n4)c3cc2C(C)(C)C1(C)C. The highest BCUT2D eigenvalue weighted by atomic mass is 15.2. The van der Waals surface area contributed by atoms with Crippen LogP contribution in [0.3, 0.4) is 0 Å². The van der Waals surface area contributed by atoms with Gasteiger partial charge in [0.25, 0.3) is 0 Å². The van der Waals surface area contributed by atoms with Crippen molar-refractivity contribution in [1.82, 2.24) is 19.5 Å². The van der Waals surface area contributed by atoms with Gasteiger partial charge in [-0.3, -0.25) is 4.57 Å². The standard InChI is InChI=1S/C48H42N4/c1-46(2)39-29-38-37-25-13-14-26-41(37)52(42(38)30-40(39)47(3,4)48(46,5)6)45-50-43(35-23-15-21-33(27-35)31-17-9-7-10-18-31)49-44(51-45)36-24-16-22-34(28-36)32-19-11-8-12-20-32/h7-30H,1-6H3. The van der Waals surface area contributed by atoms with Gasteiger partial charge in [0.1, 0.15) is 0 Å². The molecule has 0 amide bonds. The van der Waals surface area contributed by atoms with Crippen molar-refractivity contribution in [2.75, 3.05) is 0 Å². The zero-order valence-electron chi connectivity index (χ0n) is 30.6. The van der Waals surface area contributed by atoms with Crippen molar-refractivity contribution in [3.63, 3.8) is 0 Å². The predicted octanol–water partition coefficient (Wildman–Crippen LogP) is 12.2. The largest absolute Gasteiger partial charge is 0.278 e. The highest BCUT2D eigenvalue weighted by Crippen LogP contribution is 2.62. The van der Waals surface area contributed by atoms with E-state index in [-0.39, 0.29) is 16.2 Å². The Labute approximate surface area is 305 Å². The van der Waals surface area contributed by atoms with Gasteiger partial charge in [-0.2, -0.15) is 9.97 Å². The molecule has 0 N–H and O–H groups in total. The topological polar surface area (TPSA) is 43.6 Å². The van der Waals surface area contributed by atoms with Crippen molar-refractivity contribution in [3.05, 3.63) is 157 Å². The summed E-state index contributed by atoms with van der Waals surface area (Å²) in [5, 5.41) is 2.41. The summed E-state index contributed by atoms with van der Waals surface area (Å²) < 4.78 is 2.26. The van der Waals surface area contributed by atoms with Crippen LogP contribution in [0, 0.1) is 5.41 Å². The van der Waals surface area contributed by atoms with Gasteiger partial charge in [-0.25, -0.2) is 4.98 Å². The second-order valence-electron chi connectivity index (χ2n) is 15.8. The highest BCUT2D eigenvalue weighted by Gasteiger charge is 2.57. The van der Waals surface area contributed by atoms with Crippen LogP contribution in [-0.2, 0) is 10.8 Å². The minimum Gasteiger partial charge on any atom is -0.278 e. The minimum atomic E-state index is -0.0491. The maximum Gasteiger partial charge on any atom is 0.238 e. The minimum absolute atomic E-state index is 0.00965. The summed E-state index contributed by atoms with van der Waals surface area (Å²) >= 11 is 0. The van der Waals surface area contributed by atoms with Crippen molar-refractivity contribution in [1.29, 1.82) is 0 Å². The maximum absolute atomic E-state index is 5.32. The first-order valence-corrected chi connectivity index (χ1v) is 18.2. The van der Waals surface area contributed by atoms with Crippen LogP contribution < -0.4 is 0 Å². The van der Waals surface area contributed by atoms with Crippen molar-refractivity contribution in [3.8, 4) is 51.0 Å². The Morgan fingerprint density at radius 1 is 0.385 bits per heavy atom. The molecule has 254 valence electrons. The molecule has 4 nitrogen and oxygen atoms in total. The highest BCUT2D eigenvalue weighted by molar-refractivity contribution is 6.09. The number of nitrogens with zero attached hydrogens (tertiary/aromatic N) is 4. The van der Waals surface area contributed by atoms with E-state index in [4.69, 9.17) is 15.0 Å². The summed E-state index contributed by atoms with van der Waals surface area (Å²) in [6, 6.07) is 51.5. The molecule has 0 aliphatic heterocycles. The fourth-order valence-electron chi connectivity index (χ4n) is 8.38. The van der Waals surface area contributed by atoms with E-state index in [0.717, 1.165) is 44.4 Å². The lowest BCUT2D eigenvalue weighted by atomic mass is 9.59. The van der Waals surface area contributed by atoms with Gasteiger partial charge in [-0.1, -0.05) is 157 Å². The van der Waals surface area contributed by atoms with Gasteiger partial charge in [0.2, 0.25) is 5.95 Å². The van der Waals surface area contributed by atoms with E-state index in [2.05, 4.69) is 180 Å². The fraction of sp³-hybridized carbons (Fsp3) is 0.188. The molecule has 0 radical (unpaired) electrons. The summed E-state index contributed by atoms with van der Waals surface area (Å²) in [4.78, 5) is 15.8. The Balaban J connectivity index is 1.32. The average molecular weight is 675 g/mol.